The molecule has 1 aromatic rings. The Morgan fingerprint density at radius 2 is 1.67 bits per heavy atom. The number of hydrogen-bond donors (Lipinski definition) is 0. The SMILES string of the molecule is O=Pc1ccccc1.[NaH]. The Morgan fingerprint density at radius 1 is 1.11 bits per heavy atom. The van der Waals surface area contributed by atoms with E-state index in [9.17, 15) is 4.57 Å². The van der Waals surface area contributed by atoms with E-state index in [1.54, 1.807) is 0 Å². The van der Waals surface area contributed by atoms with E-state index >= 15 is 0 Å². The van der Waals surface area contributed by atoms with Gasteiger partial charge in [0.2, 0.25) is 0 Å². The third-order valence-corrected chi connectivity index (χ3v) is 1.37. The first kappa shape index (κ1) is 9.32. The van der Waals surface area contributed by atoms with Gasteiger partial charge in [-0.1, -0.05) is 18.2 Å². The summed E-state index contributed by atoms with van der Waals surface area (Å²) in [5, 5.41) is 0.826. The summed E-state index contributed by atoms with van der Waals surface area (Å²) in [5.74, 6) is 0. The maximum absolute atomic E-state index is 10.1. The van der Waals surface area contributed by atoms with Crippen LogP contribution in [0.25, 0.3) is 0 Å². The van der Waals surface area contributed by atoms with Gasteiger partial charge >= 0.3 is 29.6 Å². The van der Waals surface area contributed by atoms with E-state index in [0.717, 1.165) is 5.30 Å². The van der Waals surface area contributed by atoms with Crippen LogP contribution < -0.4 is 5.30 Å². The second kappa shape index (κ2) is 5.13. The number of hydrogen-bond acceptors (Lipinski definition) is 1. The molecule has 0 saturated heterocycles. The Kier molecular flexibility index (Phi) is 5.31. The molecule has 0 N–H and O–H groups in total. The molecule has 9 heavy (non-hydrogen) atoms. The fourth-order valence-corrected chi connectivity index (χ4v) is 0.783. The Labute approximate surface area is 78.0 Å². The van der Waals surface area contributed by atoms with Crippen LogP contribution in [0.5, 0.6) is 0 Å². The molecule has 3 heteroatoms. The normalized spacial score (nSPS) is 8.44. The van der Waals surface area contributed by atoms with Crippen molar-refractivity contribution in [1.82, 2.24) is 0 Å². The summed E-state index contributed by atoms with van der Waals surface area (Å²) in [5.41, 5.74) is 0. The standard InChI is InChI=1S/C6H5OP.Na.H/c7-8-6-4-2-1-3-5-6;;/h1-5H;;. The molecule has 0 saturated carbocycles. The molecule has 1 aromatic carbocycles. The molecular weight excluding hydrogens is 142 g/mol. The van der Waals surface area contributed by atoms with Crippen molar-refractivity contribution in [2.75, 3.05) is 0 Å². The molecule has 0 amide bonds. The van der Waals surface area contributed by atoms with Gasteiger partial charge in [0.05, 0.1) is 0 Å². The van der Waals surface area contributed by atoms with Gasteiger partial charge in [-0.25, -0.2) is 0 Å². The van der Waals surface area contributed by atoms with Crippen LogP contribution in [0.15, 0.2) is 30.3 Å². The second-order valence-electron chi connectivity index (χ2n) is 1.43. The van der Waals surface area contributed by atoms with Gasteiger partial charge in [0.25, 0.3) is 0 Å². The summed E-state index contributed by atoms with van der Waals surface area (Å²) in [6.07, 6.45) is 0. The van der Waals surface area contributed by atoms with Crippen molar-refractivity contribution < 1.29 is 4.57 Å². The van der Waals surface area contributed by atoms with Crippen LogP contribution in [0.1, 0.15) is 0 Å². The fourth-order valence-electron chi connectivity index (χ4n) is 0.489. The fraction of sp³-hybridized carbons (Fsp3) is 0. The first-order chi connectivity index (χ1) is 3.93. The molecule has 0 aliphatic carbocycles. The zero-order chi connectivity index (χ0) is 5.82. The summed E-state index contributed by atoms with van der Waals surface area (Å²) in [4.78, 5) is 0. The van der Waals surface area contributed by atoms with Crippen molar-refractivity contribution in [1.29, 1.82) is 0 Å². The van der Waals surface area contributed by atoms with Gasteiger partial charge in [0.1, 0.15) is 0 Å². The van der Waals surface area contributed by atoms with Gasteiger partial charge in [0.15, 0.2) is 8.46 Å². The van der Waals surface area contributed by atoms with E-state index in [1.165, 1.54) is 0 Å². The number of rotatable bonds is 1. The Hall–Kier alpha value is 0.320. The molecule has 42 valence electrons. The van der Waals surface area contributed by atoms with Gasteiger partial charge in [-0.2, -0.15) is 0 Å². The van der Waals surface area contributed by atoms with Crippen LogP contribution in [0.3, 0.4) is 0 Å². The summed E-state index contributed by atoms with van der Waals surface area (Å²) in [6, 6.07) is 9.25. The van der Waals surface area contributed by atoms with Crippen LogP contribution in [-0.4, -0.2) is 29.6 Å². The first-order valence-corrected chi connectivity index (χ1v) is 3.13. The predicted molar refractivity (Wildman–Crippen MR) is 40.8 cm³/mol. The van der Waals surface area contributed by atoms with Crippen LogP contribution in [-0.2, 0) is 4.57 Å². The molecule has 0 fully saturated rings. The molecule has 0 aliphatic rings. The molecule has 0 aromatic heterocycles. The van der Waals surface area contributed by atoms with Crippen LogP contribution in [0.4, 0.5) is 0 Å². The minimum atomic E-state index is 0. The van der Waals surface area contributed by atoms with Crippen molar-refractivity contribution >= 4 is 43.3 Å². The van der Waals surface area contributed by atoms with E-state index in [0.29, 0.717) is 0 Å². The van der Waals surface area contributed by atoms with E-state index in [1.807, 2.05) is 30.3 Å². The first-order valence-electron chi connectivity index (χ1n) is 2.32. The third kappa shape index (κ3) is 3.12. The van der Waals surface area contributed by atoms with Crippen molar-refractivity contribution in [2.45, 2.75) is 0 Å². The number of benzene rings is 1. The van der Waals surface area contributed by atoms with Crippen molar-refractivity contribution in [2.24, 2.45) is 0 Å². The monoisotopic (exact) mass is 148 g/mol. The van der Waals surface area contributed by atoms with Crippen molar-refractivity contribution in [3.8, 4) is 0 Å². The molecule has 1 rings (SSSR count). The Bertz CT molecular complexity index is 176. The predicted octanol–water partition coefficient (Wildman–Crippen LogP) is 0.955. The molecule has 1 nitrogen and oxygen atoms in total. The van der Waals surface area contributed by atoms with Crippen LogP contribution in [0.2, 0.25) is 0 Å². The quantitative estimate of drug-likeness (QED) is 0.428. The third-order valence-electron chi connectivity index (χ3n) is 0.862. The summed E-state index contributed by atoms with van der Waals surface area (Å²) < 4.78 is 10.1. The van der Waals surface area contributed by atoms with Gasteiger partial charge in [0, 0.05) is 5.30 Å². The average molecular weight is 148 g/mol. The van der Waals surface area contributed by atoms with E-state index in [-0.39, 0.29) is 38.0 Å². The molecular formula is C6H6NaOP. The van der Waals surface area contributed by atoms with Gasteiger partial charge in [-0.05, 0) is 12.1 Å². The molecule has 0 unspecified atom stereocenters. The Morgan fingerprint density at radius 3 is 2.00 bits per heavy atom. The molecule has 0 heterocycles. The molecule has 0 spiro atoms. The van der Waals surface area contributed by atoms with Crippen molar-refractivity contribution in [3.05, 3.63) is 30.3 Å². The molecule has 0 bridgehead atoms. The van der Waals surface area contributed by atoms with Crippen LogP contribution in [0, 0.1) is 0 Å². The zero-order valence-electron chi connectivity index (χ0n) is 4.24. The van der Waals surface area contributed by atoms with Gasteiger partial charge in [-0.15, -0.1) is 0 Å². The zero-order valence-corrected chi connectivity index (χ0v) is 5.14. The maximum atomic E-state index is 10.1. The van der Waals surface area contributed by atoms with Crippen molar-refractivity contribution in [3.63, 3.8) is 0 Å². The second-order valence-corrected chi connectivity index (χ2v) is 2.13. The summed E-state index contributed by atoms with van der Waals surface area (Å²) in [7, 11) is 0.0994. The molecule has 0 radical (unpaired) electrons. The van der Waals surface area contributed by atoms with E-state index in [4.69, 9.17) is 0 Å². The van der Waals surface area contributed by atoms with Gasteiger partial charge in [-0.3, -0.25) is 4.57 Å². The average Bonchev–Trinajstić information content (AvgIpc) is 1.90. The summed E-state index contributed by atoms with van der Waals surface area (Å²) >= 11 is 0. The molecule has 0 atom stereocenters. The van der Waals surface area contributed by atoms with Crippen LogP contribution >= 0.6 is 8.46 Å². The minimum absolute atomic E-state index is 0. The molecule has 0 aliphatic heterocycles. The topological polar surface area (TPSA) is 17.1 Å². The van der Waals surface area contributed by atoms with Gasteiger partial charge < -0.3 is 0 Å². The van der Waals surface area contributed by atoms with E-state index < -0.39 is 0 Å². The van der Waals surface area contributed by atoms with E-state index in [2.05, 4.69) is 0 Å². The Balaban J connectivity index is 0.000000640. The summed E-state index contributed by atoms with van der Waals surface area (Å²) in [6.45, 7) is 0.